The standard InChI is InChI=1S/C9H22N2/c1-8(2)9(3)7-11-6-5-10-4/h8-11H,5-7H2,1-4H3. The molecule has 1 atom stereocenters. The highest BCUT2D eigenvalue weighted by atomic mass is 14.9. The van der Waals surface area contributed by atoms with E-state index >= 15 is 0 Å². The van der Waals surface area contributed by atoms with E-state index in [1.54, 1.807) is 0 Å². The molecule has 0 spiro atoms. The molecule has 0 aliphatic heterocycles. The quantitative estimate of drug-likeness (QED) is 0.565. The lowest BCUT2D eigenvalue weighted by molar-refractivity contribution is 0.393. The van der Waals surface area contributed by atoms with Gasteiger partial charge in [-0.05, 0) is 25.4 Å². The minimum atomic E-state index is 0.784. The van der Waals surface area contributed by atoms with Crippen molar-refractivity contribution in [1.82, 2.24) is 10.6 Å². The van der Waals surface area contributed by atoms with Gasteiger partial charge < -0.3 is 10.6 Å². The van der Waals surface area contributed by atoms with Gasteiger partial charge in [-0.25, -0.2) is 0 Å². The maximum atomic E-state index is 3.40. The molecule has 0 aliphatic rings. The van der Waals surface area contributed by atoms with Crippen molar-refractivity contribution in [1.29, 1.82) is 0 Å². The minimum absolute atomic E-state index is 0.784. The summed E-state index contributed by atoms with van der Waals surface area (Å²) in [6, 6.07) is 0. The van der Waals surface area contributed by atoms with Crippen molar-refractivity contribution in [2.24, 2.45) is 11.8 Å². The number of rotatable bonds is 6. The summed E-state index contributed by atoms with van der Waals surface area (Å²) in [6.07, 6.45) is 0. The largest absolute Gasteiger partial charge is 0.318 e. The van der Waals surface area contributed by atoms with Crippen LogP contribution in [0.1, 0.15) is 20.8 Å². The highest BCUT2D eigenvalue weighted by Gasteiger charge is 2.04. The van der Waals surface area contributed by atoms with Gasteiger partial charge in [-0.15, -0.1) is 0 Å². The second-order valence-electron chi connectivity index (χ2n) is 3.53. The molecule has 0 aromatic carbocycles. The molecule has 1 unspecified atom stereocenters. The molecule has 0 fully saturated rings. The van der Waals surface area contributed by atoms with Gasteiger partial charge in [0, 0.05) is 13.1 Å². The molecule has 0 rings (SSSR count). The number of nitrogens with one attached hydrogen (secondary N) is 2. The van der Waals surface area contributed by atoms with Gasteiger partial charge in [0.2, 0.25) is 0 Å². The molecular formula is C9H22N2. The summed E-state index contributed by atoms with van der Waals surface area (Å²) in [5, 5.41) is 6.51. The molecule has 0 aromatic rings. The van der Waals surface area contributed by atoms with Crippen molar-refractivity contribution < 1.29 is 0 Å². The SMILES string of the molecule is CNCCNCC(C)C(C)C. The van der Waals surface area contributed by atoms with Crippen LogP contribution in [-0.2, 0) is 0 Å². The molecule has 11 heavy (non-hydrogen) atoms. The Labute approximate surface area is 70.8 Å². The van der Waals surface area contributed by atoms with Gasteiger partial charge in [0.15, 0.2) is 0 Å². The Morgan fingerprint density at radius 1 is 1.09 bits per heavy atom. The summed E-state index contributed by atoms with van der Waals surface area (Å²) >= 11 is 0. The van der Waals surface area contributed by atoms with Gasteiger partial charge in [0.25, 0.3) is 0 Å². The van der Waals surface area contributed by atoms with E-state index < -0.39 is 0 Å². The highest BCUT2D eigenvalue weighted by Crippen LogP contribution is 2.06. The molecule has 2 N–H and O–H groups in total. The third-order valence-electron chi connectivity index (χ3n) is 2.16. The molecule has 2 nitrogen and oxygen atoms in total. The first-order chi connectivity index (χ1) is 5.18. The number of likely N-dealkylation sites (N-methyl/N-ethyl adjacent to an activating group) is 1. The van der Waals surface area contributed by atoms with E-state index in [2.05, 4.69) is 31.4 Å². The van der Waals surface area contributed by atoms with Crippen molar-refractivity contribution in [3.05, 3.63) is 0 Å². The van der Waals surface area contributed by atoms with E-state index in [1.807, 2.05) is 7.05 Å². The summed E-state index contributed by atoms with van der Waals surface area (Å²) in [7, 11) is 1.98. The van der Waals surface area contributed by atoms with Crippen LogP contribution in [0.2, 0.25) is 0 Å². The maximum Gasteiger partial charge on any atom is 0.00767 e. The normalized spacial score (nSPS) is 13.9. The van der Waals surface area contributed by atoms with Crippen molar-refractivity contribution >= 4 is 0 Å². The van der Waals surface area contributed by atoms with Crippen LogP contribution >= 0.6 is 0 Å². The molecule has 0 heterocycles. The molecule has 0 radical (unpaired) electrons. The second-order valence-corrected chi connectivity index (χ2v) is 3.53. The summed E-state index contributed by atoms with van der Waals surface area (Å²) in [4.78, 5) is 0. The zero-order chi connectivity index (χ0) is 8.69. The Hall–Kier alpha value is -0.0800. The lowest BCUT2D eigenvalue weighted by Gasteiger charge is -2.15. The lowest BCUT2D eigenvalue weighted by Crippen LogP contribution is -2.30. The summed E-state index contributed by atoms with van der Waals surface area (Å²) < 4.78 is 0. The van der Waals surface area contributed by atoms with Crippen LogP contribution in [0, 0.1) is 11.8 Å². The van der Waals surface area contributed by atoms with E-state index in [-0.39, 0.29) is 0 Å². The molecule has 0 saturated heterocycles. The van der Waals surface area contributed by atoms with Crippen molar-refractivity contribution in [2.75, 3.05) is 26.7 Å². The highest BCUT2D eigenvalue weighted by molar-refractivity contribution is 4.60. The van der Waals surface area contributed by atoms with E-state index in [9.17, 15) is 0 Å². The van der Waals surface area contributed by atoms with Gasteiger partial charge in [0.1, 0.15) is 0 Å². The van der Waals surface area contributed by atoms with Gasteiger partial charge in [-0.1, -0.05) is 20.8 Å². The van der Waals surface area contributed by atoms with Crippen molar-refractivity contribution in [3.63, 3.8) is 0 Å². The monoisotopic (exact) mass is 158 g/mol. The zero-order valence-electron chi connectivity index (χ0n) is 8.28. The van der Waals surface area contributed by atoms with E-state index in [0.29, 0.717) is 0 Å². The van der Waals surface area contributed by atoms with Crippen LogP contribution in [0.5, 0.6) is 0 Å². The molecule has 2 heteroatoms. The molecule has 0 aliphatic carbocycles. The van der Waals surface area contributed by atoms with E-state index in [1.165, 1.54) is 0 Å². The Bertz CT molecular complexity index is 81.6. The second kappa shape index (κ2) is 6.62. The Kier molecular flexibility index (Phi) is 6.57. The minimum Gasteiger partial charge on any atom is -0.318 e. The van der Waals surface area contributed by atoms with Gasteiger partial charge in [0.05, 0.1) is 0 Å². The van der Waals surface area contributed by atoms with Gasteiger partial charge >= 0.3 is 0 Å². The number of hydrogen-bond acceptors (Lipinski definition) is 2. The van der Waals surface area contributed by atoms with E-state index in [4.69, 9.17) is 0 Å². The molecule has 0 aromatic heterocycles. The smallest absolute Gasteiger partial charge is 0.00767 e. The molecular weight excluding hydrogens is 136 g/mol. The summed E-state index contributed by atoms with van der Waals surface area (Å²) in [5.74, 6) is 1.57. The predicted octanol–water partition coefficient (Wildman–Crippen LogP) is 1.09. The third kappa shape index (κ3) is 6.32. The average molecular weight is 158 g/mol. The third-order valence-corrected chi connectivity index (χ3v) is 2.16. The first-order valence-corrected chi connectivity index (χ1v) is 4.53. The topological polar surface area (TPSA) is 24.1 Å². The Balaban J connectivity index is 3.10. The van der Waals surface area contributed by atoms with Crippen LogP contribution in [0.4, 0.5) is 0 Å². The summed E-state index contributed by atoms with van der Waals surface area (Å²) in [5.41, 5.74) is 0. The first kappa shape index (κ1) is 10.9. The fourth-order valence-corrected chi connectivity index (χ4v) is 0.779. The molecule has 0 bridgehead atoms. The summed E-state index contributed by atoms with van der Waals surface area (Å²) in [6.45, 7) is 10.1. The Morgan fingerprint density at radius 2 is 1.73 bits per heavy atom. The lowest BCUT2D eigenvalue weighted by atomic mass is 9.98. The van der Waals surface area contributed by atoms with Gasteiger partial charge in [-0.3, -0.25) is 0 Å². The first-order valence-electron chi connectivity index (χ1n) is 4.53. The molecule has 0 amide bonds. The fraction of sp³-hybridized carbons (Fsp3) is 1.00. The predicted molar refractivity (Wildman–Crippen MR) is 50.8 cm³/mol. The Morgan fingerprint density at radius 3 is 2.18 bits per heavy atom. The number of hydrogen-bond donors (Lipinski definition) is 2. The fourth-order valence-electron chi connectivity index (χ4n) is 0.779. The van der Waals surface area contributed by atoms with Crippen molar-refractivity contribution in [3.8, 4) is 0 Å². The molecule has 0 saturated carbocycles. The van der Waals surface area contributed by atoms with Gasteiger partial charge in [-0.2, -0.15) is 0 Å². The zero-order valence-corrected chi connectivity index (χ0v) is 8.28. The van der Waals surface area contributed by atoms with Crippen molar-refractivity contribution in [2.45, 2.75) is 20.8 Å². The van der Waals surface area contributed by atoms with Crippen LogP contribution < -0.4 is 10.6 Å². The van der Waals surface area contributed by atoms with Crippen LogP contribution in [0.15, 0.2) is 0 Å². The van der Waals surface area contributed by atoms with Crippen LogP contribution in [0.3, 0.4) is 0 Å². The maximum absolute atomic E-state index is 3.40. The average Bonchev–Trinajstić information content (AvgIpc) is 1.97. The van der Waals surface area contributed by atoms with Crippen LogP contribution in [0.25, 0.3) is 0 Å². The molecule has 68 valence electrons. The van der Waals surface area contributed by atoms with E-state index in [0.717, 1.165) is 31.5 Å². The van der Waals surface area contributed by atoms with Crippen LogP contribution in [-0.4, -0.2) is 26.7 Å².